The van der Waals surface area contributed by atoms with Crippen LogP contribution in [0.4, 0.5) is 0 Å². The van der Waals surface area contributed by atoms with E-state index in [9.17, 15) is 4.79 Å². The number of aromatic carboxylic acids is 1. The minimum atomic E-state index is -0.897. The van der Waals surface area contributed by atoms with Gasteiger partial charge in [-0.25, -0.2) is 4.79 Å². The fourth-order valence-electron chi connectivity index (χ4n) is 1.60. The molecule has 2 heterocycles. The zero-order valence-corrected chi connectivity index (χ0v) is 8.86. The van der Waals surface area contributed by atoms with Crippen molar-refractivity contribution >= 4 is 38.4 Å². The number of carbonyl (C=O) groups is 1. The van der Waals surface area contributed by atoms with E-state index >= 15 is 0 Å². The number of rotatable bonds is 1. The molecule has 0 aliphatic carbocycles. The van der Waals surface area contributed by atoms with Gasteiger partial charge in [0.15, 0.2) is 0 Å². The van der Waals surface area contributed by atoms with Gasteiger partial charge in [-0.05, 0) is 23.6 Å². The molecule has 0 spiro atoms. The van der Waals surface area contributed by atoms with Gasteiger partial charge in [0, 0.05) is 17.1 Å². The Balaban J connectivity index is 2.38. The molecule has 0 unspecified atom stereocenters. The summed E-state index contributed by atoms with van der Waals surface area (Å²) in [6.07, 6.45) is 3.25. The van der Waals surface area contributed by atoms with Gasteiger partial charge in [0.1, 0.15) is 4.88 Å². The number of carboxylic acids is 1. The third-order valence-corrected chi connectivity index (χ3v) is 3.40. The van der Waals surface area contributed by atoms with Crippen LogP contribution in [0.2, 0.25) is 0 Å². The fraction of sp³-hybridized carbons (Fsp3) is 0. The van der Waals surface area contributed by atoms with Crippen LogP contribution in [0.3, 0.4) is 0 Å². The quantitative estimate of drug-likeness (QED) is 0.697. The lowest BCUT2D eigenvalue weighted by atomic mass is 10.2. The molecule has 0 atom stereocenters. The minimum Gasteiger partial charge on any atom is -0.477 e. The predicted octanol–water partition coefficient (Wildman–Crippen LogP) is 2.54. The monoisotopic (exact) mass is 230 g/mol. The Kier molecular flexibility index (Phi) is 1.87. The lowest BCUT2D eigenvalue weighted by Gasteiger charge is -1.94. The maximum atomic E-state index is 10.8. The molecule has 2 aromatic heterocycles. The van der Waals surface area contributed by atoms with E-state index < -0.39 is 5.97 Å². The molecule has 3 rings (SSSR count). The Morgan fingerprint density at radius 1 is 1.12 bits per heavy atom. The van der Waals surface area contributed by atoms with Crippen molar-refractivity contribution in [1.29, 1.82) is 0 Å². The topological polar surface area (TPSA) is 63.1 Å². The van der Waals surface area contributed by atoms with Crippen molar-refractivity contribution < 1.29 is 9.90 Å². The first kappa shape index (κ1) is 9.23. The molecule has 1 N–H and O–H groups in total. The molecule has 0 saturated carbocycles. The molecular formula is C11H6N2O2S. The summed E-state index contributed by atoms with van der Waals surface area (Å²) in [4.78, 5) is 19.5. The van der Waals surface area contributed by atoms with Crippen molar-refractivity contribution in [2.75, 3.05) is 0 Å². The van der Waals surface area contributed by atoms with Crippen LogP contribution in [0.5, 0.6) is 0 Å². The van der Waals surface area contributed by atoms with Crippen LogP contribution in [0.1, 0.15) is 9.67 Å². The Bertz CT molecular complexity index is 653. The van der Waals surface area contributed by atoms with Gasteiger partial charge in [-0.3, -0.25) is 9.97 Å². The van der Waals surface area contributed by atoms with Crippen LogP contribution in [0.25, 0.3) is 21.1 Å². The zero-order valence-electron chi connectivity index (χ0n) is 8.04. The van der Waals surface area contributed by atoms with Crippen LogP contribution in [-0.2, 0) is 0 Å². The Morgan fingerprint density at radius 3 is 2.50 bits per heavy atom. The summed E-state index contributed by atoms with van der Waals surface area (Å²) in [6.45, 7) is 0. The summed E-state index contributed by atoms with van der Waals surface area (Å²) in [5.74, 6) is -0.897. The largest absolute Gasteiger partial charge is 0.477 e. The molecule has 0 aliphatic heterocycles. The minimum absolute atomic E-state index is 0.338. The average Bonchev–Trinajstić information content (AvgIpc) is 2.68. The van der Waals surface area contributed by atoms with Crippen molar-refractivity contribution in [3.8, 4) is 0 Å². The second kappa shape index (κ2) is 3.24. The molecule has 0 amide bonds. The third-order valence-electron chi connectivity index (χ3n) is 2.32. The number of hydrogen-bond acceptors (Lipinski definition) is 4. The summed E-state index contributed by atoms with van der Waals surface area (Å²) in [5, 5.41) is 9.80. The SMILES string of the molecule is O=C(O)c1cc2cc3nccnc3cc2s1. The highest BCUT2D eigenvalue weighted by atomic mass is 32.1. The molecule has 0 aliphatic rings. The standard InChI is InChI=1S/C11H6N2O2S/c14-11(15)10-4-6-3-7-8(5-9(6)16-10)13-2-1-12-7/h1-5H,(H,14,15). The second-order valence-corrected chi connectivity index (χ2v) is 4.43. The average molecular weight is 230 g/mol. The van der Waals surface area contributed by atoms with E-state index in [1.165, 1.54) is 11.3 Å². The van der Waals surface area contributed by atoms with Gasteiger partial charge in [0.25, 0.3) is 0 Å². The van der Waals surface area contributed by atoms with Gasteiger partial charge in [-0.2, -0.15) is 0 Å². The summed E-state index contributed by atoms with van der Waals surface area (Å²) in [6, 6.07) is 5.39. The van der Waals surface area contributed by atoms with E-state index in [0.717, 1.165) is 21.1 Å². The number of carboxylic acid groups (broad SMARTS) is 1. The lowest BCUT2D eigenvalue weighted by Crippen LogP contribution is -1.89. The van der Waals surface area contributed by atoms with Crippen LogP contribution < -0.4 is 0 Å². The normalized spacial score (nSPS) is 11.0. The summed E-state index contributed by atoms with van der Waals surface area (Å²) in [7, 11) is 0. The van der Waals surface area contributed by atoms with Crippen molar-refractivity contribution in [3.63, 3.8) is 0 Å². The highest BCUT2D eigenvalue weighted by molar-refractivity contribution is 7.20. The van der Waals surface area contributed by atoms with Crippen LogP contribution in [-0.4, -0.2) is 21.0 Å². The molecule has 4 nitrogen and oxygen atoms in total. The highest BCUT2D eigenvalue weighted by Gasteiger charge is 2.09. The fourth-order valence-corrected chi connectivity index (χ4v) is 2.52. The Labute approximate surface area is 94.2 Å². The molecule has 3 aromatic rings. The third kappa shape index (κ3) is 1.33. The number of fused-ring (bicyclic) bond motifs is 2. The lowest BCUT2D eigenvalue weighted by molar-refractivity contribution is 0.0702. The van der Waals surface area contributed by atoms with Gasteiger partial charge >= 0.3 is 5.97 Å². The number of benzene rings is 1. The first-order chi connectivity index (χ1) is 7.74. The molecule has 0 fully saturated rings. The highest BCUT2D eigenvalue weighted by Crippen LogP contribution is 2.28. The van der Waals surface area contributed by atoms with Gasteiger partial charge in [0.05, 0.1) is 11.0 Å². The number of hydrogen-bond donors (Lipinski definition) is 1. The summed E-state index contributed by atoms with van der Waals surface area (Å²) in [5.41, 5.74) is 1.57. The molecule has 78 valence electrons. The predicted molar refractivity (Wildman–Crippen MR) is 61.9 cm³/mol. The molecule has 0 bridgehead atoms. The molecule has 5 heteroatoms. The number of aromatic nitrogens is 2. The Morgan fingerprint density at radius 2 is 1.81 bits per heavy atom. The number of thiophene rings is 1. The van der Waals surface area contributed by atoms with Crippen LogP contribution in [0.15, 0.2) is 30.6 Å². The molecule has 0 radical (unpaired) electrons. The van der Waals surface area contributed by atoms with E-state index in [-0.39, 0.29) is 0 Å². The first-order valence-electron chi connectivity index (χ1n) is 4.61. The molecule has 0 saturated heterocycles. The van der Waals surface area contributed by atoms with Gasteiger partial charge in [0.2, 0.25) is 0 Å². The van der Waals surface area contributed by atoms with Crippen molar-refractivity contribution in [3.05, 3.63) is 35.5 Å². The van der Waals surface area contributed by atoms with Gasteiger partial charge < -0.3 is 5.11 Å². The summed E-state index contributed by atoms with van der Waals surface area (Å²) >= 11 is 1.25. The van der Waals surface area contributed by atoms with Gasteiger partial charge in [-0.1, -0.05) is 0 Å². The zero-order chi connectivity index (χ0) is 11.1. The van der Waals surface area contributed by atoms with Crippen molar-refractivity contribution in [2.45, 2.75) is 0 Å². The molecule has 1 aromatic carbocycles. The molecular weight excluding hydrogens is 224 g/mol. The molecule has 16 heavy (non-hydrogen) atoms. The maximum Gasteiger partial charge on any atom is 0.345 e. The Hall–Kier alpha value is -2.01. The van der Waals surface area contributed by atoms with Crippen molar-refractivity contribution in [1.82, 2.24) is 9.97 Å². The van der Waals surface area contributed by atoms with E-state index in [4.69, 9.17) is 5.11 Å². The van der Waals surface area contributed by atoms with E-state index in [1.807, 2.05) is 12.1 Å². The van der Waals surface area contributed by atoms with Crippen LogP contribution >= 0.6 is 11.3 Å². The van der Waals surface area contributed by atoms with Crippen LogP contribution in [0, 0.1) is 0 Å². The second-order valence-electron chi connectivity index (χ2n) is 3.35. The summed E-state index contributed by atoms with van der Waals surface area (Å²) < 4.78 is 0.922. The van der Waals surface area contributed by atoms with E-state index in [1.54, 1.807) is 18.5 Å². The van der Waals surface area contributed by atoms with E-state index in [0.29, 0.717) is 4.88 Å². The smallest absolute Gasteiger partial charge is 0.345 e. The number of nitrogens with zero attached hydrogens (tertiary/aromatic N) is 2. The van der Waals surface area contributed by atoms with E-state index in [2.05, 4.69) is 9.97 Å². The van der Waals surface area contributed by atoms with Gasteiger partial charge in [-0.15, -0.1) is 11.3 Å². The maximum absolute atomic E-state index is 10.8. The first-order valence-corrected chi connectivity index (χ1v) is 5.43. The van der Waals surface area contributed by atoms with Crippen molar-refractivity contribution in [2.24, 2.45) is 0 Å².